The smallest absolute Gasteiger partial charge is 0.217 e. The molecule has 0 aliphatic carbocycles. The van der Waals surface area contributed by atoms with Crippen molar-refractivity contribution >= 4 is 11.8 Å². The molecule has 6 rings (SSSR count). The zero-order valence-electron chi connectivity index (χ0n) is 38.9. The Hall–Kier alpha value is -2.22. The Labute approximate surface area is 413 Å². The summed E-state index contributed by atoms with van der Waals surface area (Å²) < 4.78 is 62.4. The third-order valence-electron chi connectivity index (χ3n) is 13.2. The number of carbonyl (C=O) groups excluding carboxylic acids is 2. The Morgan fingerprint density at radius 2 is 0.699 bits per heavy atom. The number of hydrogen-bond donors (Lipinski definition) is 20. The van der Waals surface area contributed by atoms with Gasteiger partial charge in [0, 0.05) is 13.8 Å². The van der Waals surface area contributed by atoms with Gasteiger partial charge in [-0.1, -0.05) is 0 Å². The lowest BCUT2D eigenvalue weighted by molar-refractivity contribution is -0.392. The van der Waals surface area contributed by atoms with E-state index in [2.05, 4.69) is 10.6 Å². The standard InChI is InChI=1S/C40H68N2O31/c1-9(48)41-17-23(54)31(14(6-46)64-35(17)62)70-36-18(42-10(2)49)24(55)32(15(7-47)68-36)71-39-29(60)33(21(52)13(5-45)67-39)73-40-30(61)34(72-38-28(59)26(57)20(51)12(4-44)66-38)22(53)16(69-40)8-63-37-27(58)25(56)19(50)11(3-43)65-37/h11-40,43-47,50-62H,3-8H2,1-2H3,(H,41,48)(H,42,49)/t11-,12-,13-,14-,15-,16-,17-,18-,19-,20-,21-,22-,23-,24-,25+,26+,27+,28+,29+,30+,31-,32-,33+,34+,35-,36+,37-,38-,39+,40+/m1/s1. The first-order chi connectivity index (χ1) is 34.5. The molecule has 0 aromatic rings. The molecule has 6 fully saturated rings. The zero-order chi connectivity index (χ0) is 53.9. The predicted molar refractivity (Wildman–Crippen MR) is 222 cm³/mol. The molecule has 0 radical (unpaired) electrons. The maximum absolute atomic E-state index is 12.5. The molecule has 73 heavy (non-hydrogen) atoms. The summed E-state index contributed by atoms with van der Waals surface area (Å²) in [4.78, 5) is 24.3. The van der Waals surface area contributed by atoms with Gasteiger partial charge in [0.2, 0.25) is 11.8 Å². The normalized spacial score (nSPS) is 49.8. The van der Waals surface area contributed by atoms with Gasteiger partial charge in [0.25, 0.3) is 0 Å². The molecule has 2 amide bonds. The van der Waals surface area contributed by atoms with Crippen LogP contribution in [0.5, 0.6) is 0 Å². The van der Waals surface area contributed by atoms with Crippen LogP contribution in [0.15, 0.2) is 0 Å². The van der Waals surface area contributed by atoms with Gasteiger partial charge in [0.1, 0.15) is 146 Å². The van der Waals surface area contributed by atoms with E-state index in [-0.39, 0.29) is 0 Å². The van der Waals surface area contributed by atoms with Crippen molar-refractivity contribution in [1.82, 2.24) is 10.6 Å². The molecule has 33 heteroatoms. The summed E-state index contributed by atoms with van der Waals surface area (Å²) in [5, 5.41) is 197. The molecule has 0 aromatic heterocycles. The van der Waals surface area contributed by atoms with Crippen LogP contribution in [0.4, 0.5) is 0 Å². The lowest BCUT2D eigenvalue weighted by atomic mass is 9.94. The lowest BCUT2D eigenvalue weighted by Gasteiger charge is -2.50. The Morgan fingerprint density at radius 1 is 0.356 bits per heavy atom. The number of ether oxygens (including phenoxy) is 11. The first-order valence-corrected chi connectivity index (χ1v) is 23.1. The number of hydrogen-bond acceptors (Lipinski definition) is 31. The van der Waals surface area contributed by atoms with E-state index in [0.717, 1.165) is 13.8 Å². The summed E-state index contributed by atoms with van der Waals surface area (Å²) >= 11 is 0. The zero-order valence-corrected chi connectivity index (χ0v) is 38.9. The van der Waals surface area contributed by atoms with Gasteiger partial charge in [0.05, 0.1) is 39.6 Å². The largest absolute Gasteiger partial charge is 0.394 e. The van der Waals surface area contributed by atoms with Crippen LogP contribution in [0.3, 0.4) is 0 Å². The van der Waals surface area contributed by atoms with Gasteiger partial charge in [-0.05, 0) is 0 Å². The number of carbonyl (C=O) groups is 2. The van der Waals surface area contributed by atoms with Gasteiger partial charge in [-0.25, -0.2) is 0 Å². The van der Waals surface area contributed by atoms with Crippen molar-refractivity contribution < 1.29 is 154 Å². The second-order valence-corrected chi connectivity index (χ2v) is 18.3. The molecular weight excluding hydrogens is 1000 g/mol. The van der Waals surface area contributed by atoms with E-state index in [1.165, 1.54) is 0 Å². The van der Waals surface area contributed by atoms with Crippen molar-refractivity contribution in [3.05, 3.63) is 0 Å². The number of amides is 2. The average Bonchev–Trinajstić information content (AvgIpc) is 3.35. The molecule has 6 heterocycles. The molecule has 6 saturated heterocycles. The van der Waals surface area contributed by atoms with E-state index >= 15 is 0 Å². The molecule has 0 aromatic carbocycles. The van der Waals surface area contributed by atoms with Crippen LogP contribution in [0.25, 0.3) is 0 Å². The summed E-state index contributed by atoms with van der Waals surface area (Å²) in [6.07, 6.45) is -53.7. The van der Waals surface area contributed by atoms with E-state index in [0.29, 0.717) is 0 Å². The first kappa shape index (κ1) is 60.0. The molecule has 0 bridgehead atoms. The number of aliphatic hydroxyl groups is 18. The van der Waals surface area contributed by atoms with Gasteiger partial charge < -0.3 is 155 Å². The van der Waals surface area contributed by atoms with Gasteiger partial charge in [-0.15, -0.1) is 0 Å². The molecule has 6 aliphatic rings. The van der Waals surface area contributed by atoms with Crippen LogP contribution in [-0.4, -0.2) is 327 Å². The van der Waals surface area contributed by atoms with Crippen molar-refractivity contribution in [2.45, 2.75) is 198 Å². The molecular formula is C40H68N2O31. The van der Waals surface area contributed by atoms with Gasteiger partial charge in [-0.2, -0.15) is 0 Å². The maximum atomic E-state index is 12.5. The first-order valence-electron chi connectivity index (χ1n) is 23.1. The molecule has 424 valence electrons. The lowest BCUT2D eigenvalue weighted by Crippen LogP contribution is -2.70. The van der Waals surface area contributed by atoms with Crippen LogP contribution in [0.1, 0.15) is 13.8 Å². The van der Waals surface area contributed by atoms with Gasteiger partial charge >= 0.3 is 0 Å². The third kappa shape index (κ3) is 13.0. The summed E-state index contributed by atoms with van der Waals surface area (Å²) in [5.41, 5.74) is 0. The highest BCUT2D eigenvalue weighted by atomic mass is 16.8. The quantitative estimate of drug-likeness (QED) is 0.0606. The monoisotopic (exact) mass is 1070 g/mol. The second-order valence-electron chi connectivity index (χ2n) is 18.3. The van der Waals surface area contributed by atoms with Crippen LogP contribution in [0, 0.1) is 0 Å². The predicted octanol–water partition coefficient (Wildman–Crippen LogP) is -13.8. The van der Waals surface area contributed by atoms with E-state index in [9.17, 15) is 102 Å². The number of nitrogens with one attached hydrogen (secondary N) is 2. The SMILES string of the molecule is CC(=O)N[C@@H]1[C@@H](O)[C@H](O[C@@H]2O[C@H](CO)[C@@H](O[C@@H]3O[C@H](CO)[C@@H](O)[C@H](O[C@@H]4O[C@H](CO[C@@H]5O[C@H](CO)[C@@H](O)[C@H](O)[C@@H]5O)[C@@H](O)[C@H](O[C@H]5O[C@H](CO)[C@@H](O)[C@H](O)[C@@H]5O)[C@@H]4O)[C@@H]3O)[C@H](O)[C@H]2NC(C)=O)[C@@H](CO)O[C@H]1O. The minimum Gasteiger partial charge on any atom is -0.394 e. The Morgan fingerprint density at radius 3 is 1.18 bits per heavy atom. The van der Waals surface area contributed by atoms with Crippen molar-refractivity contribution in [1.29, 1.82) is 0 Å². The third-order valence-corrected chi connectivity index (χ3v) is 13.2. The fourth-order valence-corrected chi connectivity index (χ4v) is 9.21. The second kappa shape index (κ2) is 26.0. The summed E-state index contributed by atoms with van der Waals surface area (Å²) in [6, 6.07) is -3.24. The molecule has 6 aliphatic heterocycles. The molecule has 0 spiro atoms. The summed E-state index contributed by atoms with van der Waals surface area (Å²) in [7, 11) is 0. The van der Waals surface area contributed by atoms with Gasteiger partial charge in [-0.3, -0.25) is 9.59 Å². The van der Waals surface area contributed by atoms with E-state index < -0.39 is 236 Å². The highest BCUT2D eigenvalue weighted by molar-refractivity contribution is 5.73. The van der Waals surface area contributed by atoms with E-state index in [1.807, 2.05) is 0 Å². The molecule has 20 N–H and O–H groups in total. The van der Waals surface area contributed by atoms with Crippen LogP contribution in [0.2, 0.25) is 0 Å². The minimum absolute atomic E-state index is 0.709. The van der Waals surface area contributed by atoms with Crippen molar-refractivity contribution in [3.63, 3.8) is 0 Å². The fourth-order valence-electron chi connectivity index (χ4n) is 9.21. The molecule has 0 unspecified atom stereocenters. The van der Waals surface area contributed by atoms with Gasteiger partial charge in [0.15, 0.2) is 37.7 Å². The van der Waals surface area contributed by atoms with E-state index in [1.54, 1.807) is 0 Å². The van der Waals surface area contributed by atoms with Crippen molar-refractivity contribution in [3.8, 4) is 0 Å². The molecule has 0 saturated carbocycles. The maximum Gasteiger partial charge on any atom is 0.217 e. The number of aliphatic hydroxyl groups excluding tert-OH is 18. The highest BCUT2D eigenvalue weighted by Crippen LogP contribution is 2.36. The van der Waals surface area contributed by atoms with Crippen molar-refractivity contribution in [2.24, 2.45) is 0 Å². The summed E-state index contributed by atoms with van der Waals surface area (Å²) in [5.74, 6) is -1.53. The Balaban J connectivity index is 1.24. The van der Waals surface area contributed by atoms with E-state index in [4.69, 9.17) is 52.1 Å². The Bertz CT molecular complexity index is 1750. The average molecular weight is 1070 g/mol. The Kier molecular flexibility index (Phi) is 21.3. The molecule has 33 nitrogen and oxygen atoms in total. The summed E-state index contributed by atoms with van der Waals surface area (Å²) in [6.45, 7) is -3.57. The molecule has 30 atom stereocenters. The van der Waals surface area contributed by atoms with Crippen LogP contribution < -0.4 is 10.6 Å². The topological polar surface area (TPSA) is 524 Å². The van der Waals surface area contributed by atoms with Crippen LogP contribution >= 0.6 is 0 Å². The highest BCUT2D eigenvalue weighted by Gasteiger charge is 2.57. The minimum atomic E-state index is -2.28. The fraction of sp³-hybridized carbons (Fsp3) is 0.950. The van der Waals surface area contributed by atoms with Crippen LogP contribution in [-0.2, 0) is 61.7 Å². The van der Waals surface area contributed by atoms with Crippen molar-refractivity contribution in [2.75, 3.05) is 39.6 Å². The number of rotatable bonds is 18.